The van der Waals surface area contributed by atoms with Gasteiger partial charge in [-0.3, -0.25) is 0 Å². The molecule has 12 rings (SSSR count). The lowest BCUT2D eigenvalue weighted by atomic mass is 9.73. The Kier molecular flexibility index (Phi) is 3.72. The molecule has 2 atom stereocenters. The normalized spacial score (nSPS) is 27.4. The van der Waals surface area contributed by atoms with Crippen LogP contribution < -0.4 is 50.2 Å². The zero-order chi connectivity index (χ0) is 29.8. The van der Waals surface area contributed by atoms with E-state index in [1.54, 1.807) is 6.33 Å². The van der Waals surface area contributed by atoms with Gasteiger partial charge in [0.25, 0.3) is 0 Å². The van der Waals surface area contributed by atoms with Gasteiger partial charge >= 0.3 is 17.2 Å². The van der Waals surface area contributed by atoms with Crippen molar-refractivity contribution in [2.24, 2.45) is 0 Å². The third-order valence-electron chi connectivity index (χ3n) is 12.3. The highest BCUT2D eigenvalue weighted by atomic mass is 28.3. The van der Waals surface area contributed by atoms with Crippen molar-refractivity contribution in [3.05, 3.63) is 106 Å². The van der Waals surface area contributed by atoms with Gasteiger partial charge in [-0.1, -0.05) is 74.7 Å². The second-order valence-electron chi connectivity index (χ2n) is 14.6. The molecule has 2 spiro atoms. The van der Waals surface area contributed by atoms with Gasteiger partial charge < -0.3 is 9.47 Å². The molecule has 4 aromatic carbocycles. The molecular formula is C35H30N6O2Si2+2. The Balaban J connectivity index is 1.34. The summed E-state index contributed by atoms with van der Waals surface area (Å²) >= 11 is 0. The van der Waals surface area contributed by atoms with Gasteiger partial charge in [0, 0.05) is 19.6 Å². The zero-order valence-electron chi connectivity index (χ0n) is 25.4. The number of nitrogens with one attached hydrogen (secondary N) is 2. The van der Waals surface area contributed by atoms with Crippen molar-refractivity contribution in [3.8, 4) is 22.6 Å². The summed E-state index contributed by atoms with van der Waals surface area (Å²) in [5, 5.41) is 24.1. The van der Waals surface area contributed by atoms with Gasteiger partial charge in [0.15, 0.2) is 5.92 Å². The van der Waals surface area contributed by atoms with Gasteiger partial charge in [-0.05, 0) is 55.1 Å². The smallest absolute Gasteiger partial charge is 0.477 e. The van der Waals surface area contributed by atoms with E-state index in [0.29, 0.717) is 13.5 Å². The van der Waals surface area contributed by atoms with Crippen molar-refractivity contribution in [3.63, 3.8) is 0 Å². The van der Waals surface area contributed by atoms with Crippen LogP contribution in [0.4, 0.5) is 0 Å². The number of rotatable bonds is 0. The maximum atomic E-state index is 6.39. The van der Waals surface area contributed by atoms with Crippen molar-refractivity contribution in [1.82, 2.24) is 20.8 Å². The topological polar surface area (TPSA) is 76.1 Å². The minimum Gasteiger partial charge on any atom is -0.477 e. The fraction of sp³-hybridized carbons (Fsp3) is 0.257. The molecule has 2 unspecified atom stereocenters. The largest absolute Gasteiger partial charge is 0.485 e. The minimum absolute atomic E-state index is 0.0312. The van der Waals surface area contributed by atoms with E-state index in [1.165, 1.54) is 65.3 Å². The maximum absolute atomic E-state index is 6.39. The summed E-state index contributed by atoms with van der Waals surface area (Å²) in [4.78, 5) is 0. The van der Waals surface area contributed by atoms with Gasteiger partial charge in [0.05, 0.1) is 22.3 Å². The third kappa shape index (κ3) is 2.17. The molecule has 1 aliphatic carbocycles. The summed E-state index contributed by atoms with van der Waals surface area (Å²) in [6, 6.07) is 23.1. The van der Waals surface area contributed by atoms with Crippen LogP contribution in [0.2, 0.25) is 26.2 Å². The van der Waals surface area contributed by atoms with Crippen LogP contribution in [0.15, 0.2) is 67.0 Å². The molecule has 6 aliphatic heterocycles. The minimum atomic E-state index is -2.11. The average molecular weight is 623 g/mol. The molecule has 0 saturated carbocycles. The number of nitrogens with zero attached hydrogens (tertiary/aromatic N) is 4. The number of fused-ring (bicyclic) bond motifs is 1. The lowest BCUT2D eigenvalue weighted by molar-refractivity contribution is -0.937. The Morgan fingerprint density at radius 2 is 1.11 bits per heavy atom. The lowest BCUT2D eigenvalue weighted by Gasteiger charge is -2.49. The molecule has 0 amide bonds. The number of benzene rings is 4. The SMILES string of the molecule is C[Si]1(C)c2cccc3c2C2(NCO3)c3c1ccc1c3C3c4c-1ccc1c4C4(NCOc5cccc(c54)[Si]1(C)C)[n+]1ncn[n+]2c13. The Hall–Kier alpha value is -4.23. The molecule has 8 nitrogen and oxygen atoms in total. The first-order valence-electron chi connectivity index (χ1n) is 15.9. The second kappa shape index (κ2) is 6.95. The standard InChI is InChI=1S/C35H30N6O2Si2/c1-44(2)22-9-5-7-20-29(22)34(36-16-42-20)31-24(44)13-11-18-19-12-14-25-32-27(19)28(26(18)31)33-40(34)38-15-39-41(33)35(32)30-21(43-17-37-35)8-6-10-23(30)45(25,3)4/h5-15,28,36-37H,16-17H2,1-4H3/q+2. The predicted octanol–water partition coefficient (Wildman–Crippen LogP) is 0.489. The molecular weight excluding hydrogens is 593 g/mol. The maximum Gasteiger partial charge on any atom is 0.485 e. The first-order valence-corrected chi connectivity index (χ1v) is 21.9. The first-order chi connectivity index (χ1) is 21.8. The van der Waals surface area contributed by atoms with E-state index in [2.05, 4.69) is 107 Å². The van der Waals surface area contributed by atoms with E-state index >= 15 is 0 Å². The summed E-state index contributed by atoms with van der Waals surface area (Å²) < 4.78 is 17.4. The van der Waals surface area contributed by atoms with E-state index in [-0.39, 0.29) is 5.92 Å². The Bertz CT molecular complexity index is 2180. The number of ether oxygens (including phenoxy) is 2. The van der Waals surface area contributed by atoms with Gasteiger partial charge in [0.1, 0.15) is 41.1 Å². The second-order valence-corrected chi connectivity index (χ2v) is 23.3. The highest BCUT2D eigenvalue weighted by Gasteiger charge is 2.75. The highest BCUT2D eigenvalue weighted by Crippen LogP contribution is 2.59. The molecule has 7 aliphatic rings. The summed E-state index contributed by atoms with van der Waals surface area (Å²) in [5.41, 5.74) is 9.35. The van der Waals surface area contributed by atoms with Crippen molar-refractivity contribution in [2.75, 3.05) is 13.5 Å². The van der Waals surface area contributed by atoms with Crippen LogP contribution in [0.1, 0.15) is 45.1 Å². The molecule has 5 aromatic rings. The van der Waals surface area contributed by atoms with Crippen molar-refractivity contribution in [2.45, 2.75) is 43.4 Å². The predicted molar refractivity (Wildman–Crippen MR) is 171 cm³/mol. The molecule has 7 heterocycles. The van der Waals surface area contributed by atoms with E-state index in [9.17, 15) is 0 Å². The number of hydrogen-bond donors (Lipinski definition) is 2. The van der Waals surface area contributed by atoms with E-state index in [4.69, 9.17) is 19.7 Å². The van der Waals surface area contributed by atoms with Gasteiger partial charge in [-0.25, -0.2) is 10.6 Å². The lowest BCUT2D eigenvalue weighted by Crippen LogP contribution is -2.87. The number of hydrogen-bond acceptors (Lipinski definition) is 6. The van der Waals surface area contributed by atoms with Crippen LogP contribution in [-0.2, 0) is 11.3 Å². The van der Waals surface area contributed by atoms with Crippen LogP contribution in [0.25, 0.3) is 11.1 Å². The highest BCUT2D eigenvalue weighted by molar-refractivity contribution is 7.02. The van der Waals surface area contributed by atoms with Crippen LogP contribution >= 0.6 is 0 Å². The molecule has 218 valence electrons. The molecule has 0 radical (unpaired) electrons. The molecule has 10 heteroatoms. The average Bonchev–Trinajstić information content (AvgIpc) is 3.40. The summed E-state index contributed by atoms with van der Waals surface area (Å²) in [7, 11) is -4.23. The van der Waals surface area contributed by atoms with Crippen molar-refractivity contribution in [1.29, 1.82) is 0 Å². The Labute approximate surface area is 261 Å². The molecule has 1 aromatic heterocycles. The van der Waals surface area contributed by atoms with E-state index in [1.807, 2.05) is 0 Å². The zero-order valence-corrected chi connectivity index (χ0v) is 27.4. The van der Waals surface area contributed by atoms with E-state index in [0.717, 1.165) is 17.3 Å². The van der Waals surface area contributed by atoms with Crippen molar-refractivity contribution >= 4 is 36.9 Å². The summed E-state index contributed by atoms with van der Waals surface area (Å²) in [6.07, 6.45) is 1.76. The van der Waals surface area contributed by atoms with Crippen LogP contribution in [0, 0.1) is 0 Å². The van der Waals surface area contributed by atoms with Gasteiger partial charge in [0.2, 0.25) is 6.33 Å². The molecule has 0 fully saturated rings. The Morgan fingerprint density at radius 1 is 0.644 bits per heavy atom. The van der Waals surface area contributed by atoms with Crippen molar-refractivity contribution < 1.29 is 18.8 Å². The number of aromatic nitrogens is 4. The van der Waals surface area contributed by atoms with Crippen LogP contribution in [-0.4, -0.2) is 39.8 Å². The molecule has 2 N–H and O–H groups in total. The molecule has 0 saturated heterocycles. The van der Waals surface area contributed by atoms with Gasteiger partial charge in [-0.15, -0.1) is 0 Å². The monoisotopic (exact) mass is 622 g/mol. The van der Waals surface area contributed by atoms with Crippen LogP contribution in [0.3, 0.4) is 0 Å². The first kappa shape index (κ1) is 24.1. The quantitative estimate of drug-likeness (QED) is 0.190. The van der Waals surface area contributed by atoms with Gasteiger partial charge in [-0.2, -0.15) is 0 Å². The fourth-order valence-corrected chi connectivity index (χ4v) is 17.0. The fourth-order valence-electron chi connectivity index (χ4n) is 10.6. The summed E-state index contributed by atoms with van der Waals surface area (Å²) in [5.74, 6) is 3.03. The Morgan fingerprint density at radius 3 is 1.60 bits per heavy atom. The van der Waals surface area contributed by atoms with E-state index < -0.39 is 27.5 Å². The molecule has 45 heavy (non-hydrogen) atoms. The third-order valence-corrected chi connectivity index (χ3v) is 19.4. The van der Waals surface area contributed by atoms with Crippen LogP contribution in [0.5, 0.6) is 11.5 Å². The molecule has 0 bridgehead atoms. The summed E-state index contributed by atoms with van der Waals surface area (Å²) in [6.45, 7) is 10.8.